The topological polar surface area (TPSA) is 55.2 Å². The lowest BCUT2D eigenvalue weighted by Crippen LogP contribution is -2.03. The highest BCUT2D eigenvalue weighted by atomic mass is 19.1. The number of rotatable bonds is 4. The van der Waals surface area contributed by atoms with Gasteiger partial charge in [-0.2, -0.15) is 0 Å². The zero-order valence-corrected chi connectivity index (χ0v) is 11.3. The van der Waals surface area contributed by atoms with Gasteiger partial charge in [-0.3, -0.25) is 10.1 Å². The van der Waals surface area contributed by atoms with Crippen LogP contribution in [-0.4, -0.2) is 4.92 Å². The highest BCUT2D eigenvalue weighted by molar-refractivity contribution is 5.55. The van der Waals surface area contributed by atoms with Crippen molar-refractivity contribution >= 4 is 11.4 Å². The van der Waals surface area contributed by atoms with Crippen LogP contribution in [0, 0.1) is 29.8 Å². The summed E-state index contributed by atoms with van der Waals surface area (Å²) >= 11 is 0. The van der Waals surface area contributed by atoms with Crippen LogP contribution in [0.1, 0.15) is 16.7 Å². The molecule has 0 atom stereocenters. The molecule has 0 saturated heterocycles. The van der Waals surface area contributed by atoms with Crippen LogP contribution in [0.5, 0.6) is 0 Å². The quantitative estimate of drug-likeness (QED) is 0.678. The van der Waals surface area contributed by atoms with Crippen LogP contribution in [0.25, 0.3) is 0 Å². The summed E-state index contributed by atoms with van der Waals surface area (Å²) < 4.78 is 13.6. The number of aryl methyl sites for hydroxylation is 2. The van der Waals surface area contributed by atoms with Crippen molar-refractivity contribution in [1.29, 1.82) is 0 Å². The first-order valence-electron chi connectivity index (χ1n) is 6.21. The molecule has 0 fully saturated rings. The van der Waals surface area contributed by atoms with E-state index in [2.05, 4.69) is 5.32 Å². The number of hydrogen-bond acceptors (Lipinski definition) is 3. The van der Waals surface area contributed by atoms with Gasteiger partial charge in [0.15, 0.2) is 0 Å². The van der Waals surface area contributed by atoms with E-state index in [0.717, 1.165) is 5.56 Å². The predicted molar refractivity (Wildman–Crippen MR) is 76.3 cm³/mol. The Morgan fingerprint density at radius 1 is 1.20 bits per heavy atom. The van der Waals surface area contributed by atoms with E-state index < -0.39 is 4.92 Å². The summed E-state index contributed by atoms with van der Waals surface area (Å²) in [5, 5.41) is 13.9. The van der Waals surface area contributed by atoms with Crippen molar-refractivity contribution < 1.29 is 9.31 Å². The summed E-state index contributed by atoms with van der Waals surface area (Å²) in [6.45, 7) is 3.86. The standard InChI is InChI=1S/C15H15FN2O2/c1-10-3-6-14(16)12(7-10)9-17-13-5-4-11(2)15(8-13)18(19)20/h3-8,17H,9H2,1-2H3. The fourth-order valence-corrected chi connectivity index (χ4v) is 1.95. The summed E-state index contributed by atoms with van der Waals surface area (Å²) in [5.74, 6) is -0.287. The highest BCUT2D eigenvalue weighted by Crippen LogP contribution is 2.23. The van der Waals surface area contributed by atoms with E-state index in [1.165, 1.54) is 12.1 Å². The lowest BCUT2D eigenvalue weighted by molar-refractivity contribution is -0.385. The molecule has 1 N–H and O–H groups in total. The average molecular weight is 274 g/mol. The number of nitro benzene ring substituents is 1. The molecule has 0 radical (unpaired) electrons. The van der Waals surface area contributed by atoms with Crippen LogP contribution in [0.15, 0.2) is 36.4 Å². The van der Waals surface area contributed by atoms with Gasteiger partial charge in [-0.25, -0.2) is 4.39 Å². The minimum absolute atomic E-state index is 0.0553. The Kier molecular flexibility index (Phi) is 3.98. The number of hydrogen-bond donors (Lipinski definition) is 1. The van der Waals surface area contributed by atoms with E-state index in [1.807, 2.05) is 6.92 Å². The maximum atomic E-state index is 13.6. The average Bonchev–Trinajstić information content (AvgIpc) is 2.41. The molecule has 2 aromatic rings. The Morgan fingerprint density at radius 2 is 1.95 bits per heavy atom. The summed E-state index contributed by atoms with van der Waals surface area (Å²) in [5.41, 5.74) is 2.76. The first-order chi connectivity index (χ1) is 9.47. The Morgan fingerprint density at radius 3 is 2.65 bits per heavy atom. The lowest BCUT2D eigenvalue weighted by Gasteiger charge is -2.09. The third-order valence-electron chi connectivity index (χ3n) is 3.09. The van der Waals surface area contributed by atoms with Gasteiger partial charge < -0.3 is 5.32 Å². The van der Waals surface area contributed by atoms with Crippen molar-refractivity contribution in [2.75, 3.05) is 5.32 Å². The molecule has 20 heavy (non-hydrogen) atoms. The summed E-state index contributed by atoms with van der Waals surface area (Å²) in [6, 6.07) is 9.76. The number of nitrogens with zero attached hydrogens (tertiary/aromatic N) is 1. The zero-order valence-electron chi connectivity index (χ0n) is 11.3. The van der Waals surface area contributed by atoms with Crippen LogP contribution in [0.2, 0.25) is 0 Å². The number of anilines is 1. The predicted octanol–water partition coefficient (Wildman–Crippen LogP) is 3.96. The lowest BCUT2D eigenvalue weighted by atomic mass is 10.1. The minimum atomic E-state index is -0.423. The van der Waals surface area contributed by atoms with Gasteiger partial charge in [0.05, 0.1) is 4.92 Å². The Labute approximate surface area is 116 Å². The normalized spacial score (nSPS) is 10.3. The molecule has 4 nitrogen and oxygen atoms in total. The highest BCUT2D eigenvalue weighted by Gasteiger charge is 2.11. The molecule has 0 aliphatic carbocycles. The van der Waals surface area contributed by atoms with Gasteiger partial charge in [0.25, 0.3) is 5.69 Å². The third kappa shape index (κ3) is 3.12. The van der Waals surface area contributed by atoms with E-state index in [4.69, 9.17) is 0 Å². The maximum absolute atomic E-state index is 13.6. The van der Waals surface area contributed by atoms with Crippen LogP contribution in [-0.2, 0) is 6.54 Å². The second-order valence-electron chi connectivity index (χ2n) is 4.71. The Balaban J connectivity index is 2.17. The molecule has 0 aromatic heterocycles. The number of benzene rings is 2. The first-order valence-corrected chi connectivity index (χ1v) is 6.21. The molecule has 0 bridgehead atoms. The molecule has 5 heteroatoms. The molecule has 0 unspecified atom stereocenters. The fraction of sp³-hybridized carbons (Fsp3) is 0.200. The van der Waals surface area contributed by atoms with Gasteiger partial charge in [-0.15, -0.1) is 0 Å². The first kappa shape index (κ1) is 14.0. The van der Waals surface area contributed by atoms with Gasteiger partial charge in [0.2, 0.25) is 0 Å². The van der Waals surface area contributed by atoms with Crippen LogP contribution in [0.3, 0.4) is 0 Å². The van der Waals surface area contributed by atoms with E-state index in [9.17, 15) is 14.5 Å². The summed E-state index contributed by atoms with van der Waals surface area (Å²) in [7, 11) is 0. The van der Waals surface area contributed by atoms with Crippen molar-refractivity contribution in [2.45, 2.75) is 20.4 Å². The molecule has 0 aliphatic heterocycles. The van der Waals surface area contributed by atoms with E-state index >= 15 is 0 Å². The van der Waals surface area contributed by atoms with Crippen LogP contribution < -0.4 is 5.32 Å². The molecule has 0 heterocycles. The van der Waals surface area contributed by atoms with Crippen LogP contribution in [0.4, 0.5) is 15.8 Å². The molecule has 0 amide bonds. The van der Waals surface area contributed by atoms with Gasteiger partial charge in [-0.1, -0.05) is 23.8 Å². The Bertz CT molecular complexity index is 656. The third-order valence-corrected chi connectivity index (χ3v) is 3.09. The fourth-order valence-electron chi connectivity index (χ4n) is 1.95. The summed E-state index contributed by atoms with van der Waals surface area (Å²) in [4.78, 5) is 10.4. The number of nitro groups is 1. The molecule has 0 spiro atoms. The minimum Gasteiger partial charge on any atom is -0.381 e. The molecule has 104 valence electrons. The zero-order chi connectivity index (χ0) is 14.7. The van der Waals surface area contributed by atoms with Gasteiger partial charge >= 0.3 is 0 Å². The molecule has 0 saturated carbocycles. The molecule has 0 aliphatic rings. The van der Waals surface area contributed by atoms with Crippen molar-refractivity contribution in [3.63, 3.8) is 0 Å². The van der Waals surface area contributed by atoms with Gasteiger partial charge in [0, 0.05) is 29.4 Å². The van der Waals surface area contributed by atoms with Crippen LogP contribution >= 0.6 is 0 Å². The van der Waals surface area contributed by atoms with E-state index in [1.54, 1.807) is 31.2 Å². The molecular formula is C15H15FN2O2. The second kappa shape index (κ2) is 5.69. The van der Waals surface area contributed by atoms with Crippen molar-refractivity contribution in [1.82, 2.24) is 0 Å². The van der Waals surface area contributed by atoms with Crippen molar-refractivity contribution in [3.05, 3.63) is 69.0 Å². The SMILES string of the molecule is Cc1ccc(F)c(CNc2ccc(C)c([N+](=O)[O-])c2)c1. The number of halogens is 1. The van der Waals surface area contributed by atoms with Crippen molar-refractivity contribution in [2.24, 2.45) is 0 Å². The second-order valence-corrected chi connectivity index (χ2v) is 4.71. The van der Waals surface area contributed by atoms with Gasteiger partial charge in [0.1, 0.15) is 5.82 Å². The molecular weight excluding hydrogens is 259 g/mol. The summed E-state index contributed by atoms with van der Waals surface area (Å²) in [6.07, 6.45) is 0. The molecule has 2 aromatic carbocycles. The maximum Gasteiger partial charge on any atom is 0.274 e. The number of nitrogens with one attached hydrogen (secondary N) is 1. The van der Waals surface area contributed by atoms with E-state index in [-0.39, 0.29) is 18.0 Å². The molecule has 2 rings (SSSR count). The smallest absolute Gasteiger partial charge is 0.274 e. The van der Waals surface area contributed by atoms with Crippen molar-refractivity contribution in [3.8, 4) is 0 Å². The largest absolute Gasteiger partial charge is 0.381 e. The Hall–Kier alpha value is -2.43. The van der Waals surface area contributed by atoms with Gasteiger partial charge in [-0.05, 0) is 26.0 Å². The monoisotopic (exact) mass is 274 g/mol. The van der Waals surface area contributed by atoms with E-state index in [0.29, 0.717) is 16.8 Å².